The summed E-state index contributed by atoms with van der Waals surface area (Å²) in [7, 11) is 0. The zero-order chi connectivity index (χ0) is 21.9. The van der Waals surface area contributed by atoms with Gasteiger partial charge in [-0.2, -0.15) is 0 Å². The second-order valence-corrected chi connectivity index (χ2v) is 6.51. The summed E-state index contributed by atoms with van der Waals surface area (Å²) in [4.78, 5) is 46.9. The normalized spacial score (nSPS) is 10.1. The van der Waals surface area contributed by atoms with Crippen LogP contribution in [0.2, 0.25) is 5.02 Å². The molecule has 2 rings (SSSR count). The first-order chi connectivity index (χ1) is 14.3. The van der Waals surface area contributed by atoms with Crippen molar-refractivity contribution in [1.82, 2.24) is 10.9 Å². The maximum atomic E-state index is 12.8. The number of ether oxygens (including phenoxy) is 1. The highest BCUT2D eigenvalue weighted by Gasteiger charge is 2.11. The molecule has 3 N–H and O–H groups in total. The minimum Gasteiger partial charge on any atom is -0.455 e. The van der Waals surface area contributed by atoms with Crippen molar-refractivity contribution in [3.8, 4) is 0 Å². The predicted molar refractivity (Wildman–Crippen MR) is 107 cm³/mol. The number of carbonyl (C=O) groups excluding carboxylic acids is 4. The quantitative estimate of drug-likeness (QED) is 0.435. The van der Waals surface area contributed by atoms with E-state index in [4.69, 9.17) is 16.3 Å². The van der Waals surface area contributed by atoms with Gasteiger partial charge in [-0.25, -0.2) is 4.39 Å². The van der Waals surface area contributed by atoms with Crippen LogP contribution in [0.3, 0.4) is 0 Å². The lowest BCUT2D eigenvalue weighted by Gasteiger charge is -2.08. The third-order valence-corrected chi connectivity index (χ3v) is 3.95. The van der Waals surface area contributed by atoms with E-state index in [2.05, 4.69) is 16.2 Å². The summed E-state index contributed by atoms with van der Waals surface area (Å²) >= 11 is 5.73. The van der Waals surface area contributed by atoms with Crippen LogP contribution in [-0.2, 0) is 19.1 Å². The number of amides is 3. The monoisotopic (exact) mass is 435 g/mol. The van der Waals surface area contributed by atoms with Gasteiger partial charge in [0.25, 0.3) is 11.8 Å². The van der Waals surface area contributed by atoms with Crippen LogP contribution < -0.4 is 16.2 Å². The molecule has 0 fully saturated rings. The van der Waals surface area contributed by atoms with E-state index >= 15 is 0 Å². The molecule has 0 aliphatic carbocycles. The maximum Gasteiger partial charge on any atom is 0.306 e. The van der Waals surface area contributed by atoms with E-state index in [9.17, 15) is 23.6 Å². The molecule has 8 nitrogen and oxygen atoms in total. The Bertz CT molecular complexity index is 904. The molecule has 0 aromatic heterocycles. The minimum atomic E-state index is -0.722. The highest BCUT2D eigenvalue weighted by molar-refractivity contribution is 6.30. The van der Waals surface area contributed by atoms with Gasteiger partial charge in [0, 0.05) is 29.1 Å². The number of anilines is 1. The number of nitrogens with one attached hydrogen (secondary N) is 3. The standard InChI is InChI=1S/C20H19ClFN3O5/c21-14-6-4-13(5-7-14)20(29)25-24-18(27)12-30-19(28)3-1-2-17(26)23-16-10-8-15(22)9-11-16/h4-11H,1-3,12H2,(H,23,26)(H,24,27)(H,25,29). The second-order valence-electron chi connectivity index (χ2n) is 6.08. The number of hydrogen-bond acceptors (Lipinski definition) is 5. The van der Waals surface area contributed by atoms with Crippen molar-refractivity contribution in [2.75, 3.05) is 11.9 Å². The molecule has 0 aliphatic heterocycles. The Morgan fingerprint density at radius 1 is 0.867 bits per heavy atom. The Morgan fingerprint density at radius 2 is 1.53 bits per heavy atom. The number of hydrazine groups is 1. The van der Waals surface area contributed by atoms with Gasteiger partial charge in [0.2, 0.25) is 5.91 Å². The van der Waals surface area contributed by atoms with E-state index in [1.54, 1.807) is 0 Å². The average molecular weight is 436 g/mol. The van der Waals surface area contributed by atoms with E-state index < -0.39 is 30.2 Å². The summed E-state index contributed by atoms with van der Waals surface area (Å²) in [5.41, 5.74) is 5.03. The Balaban J connectivity index is 1.59. The lowest BCUT2D eigenvalue weighted by Crippen LogP contribution is -2.43. The molecule has 0 radical (unpaired) electrons. The van der Waals surface area contributed by atoms with Crippen LogP contribution in [0.15, 0.2) is 48.5 Å². The summed E-state index contributed by atoms with van der Waals surface area (Å²) in [5, 5.41) is 3.04. The number of carbonyl (C=O) groups is 4. The average Bonchev–Trinajstić information content (AvgIpc) is 2.72. The van der Waals surface area contributed by atoms with Crippen molar-refractivity contribution in [1.29, 1.82) is 0 Å². The minimum absolute atomic E-state index is 0.0514. The number of esters is 1. The van der Waals surface area contributed by atoms with Crippen molar-refractivity contribution in [3.63, 3.8) is 0 Å². The molecule has 158 valence electrons. The SMILES string of the molecule is O=C(COC(=O)CCCC(=O)Nc1ccc(F)cc1)NNC(=O)c1ccc(Cl)cc1. The molecule has 10 heteroatoms. The Labute approximate surface area is 176 Å². The Hall–Kier alpha value is -3.46. The van der Waals surface area contributed by atoms with E-state index in [1.807, 2.05) is 0 Å². The molecule has 0 aliphatic rings. The van der Waals surface area contributed by atoms with Gasteiger partial charge >= 0.3 is 5.97 Å². The van der Waals surface area contributed by atoms with E-state index in [0.717, 1.165) is 0 Å². The summed E-state index contributed by atoms with van der Waals surface area (Å²) in [6, 6.07) is 11.3. The maximum absolute atomic E-state index is 12.8. The van der Waals surface area contributed by atoms with Gasteiger partial charge in [-0.1, -0.05) is 11.6 Å². The van der Waals surface area contributed by atoms with Crippen molar-refractivity contribution in [3.05, 3.63) is 64.9 Å². The van der Waals surface area contributed by atoms with Crippen LogP contribution in [0.25, 0.3) is 0 Å². The molecular formula is C20H19ClFN3O5. The zero-order valence-corrected chi connectivity index (χ0v) is 16.5. The number of rotatable bonds is 8. The van der Waals surface area contributed by atoms with E-state index in [-0.39, 0.29) is 30.7 Å². The third-order valence-electron chi connectivity index (χ3n) is 3.70. The molecule has 3 amide bonds. The van der Waals surface area contributed by atoms with Gasteiger partial charge in [0.1, 0.15) is 5.82 Å². The number of benzene rings is 2. The van der Waals surface area contributed by atoms with Gasteiger partial charge < -0.3 is 10.1 Å². The summed E-state index contributed by atoms with van der Waals surface area (Å²) < 4.78 is 17.6. The van der Waals surface area contributed by atoms with Crippen LogP contribution in [0.1, 0.15) is 29.6 Å². The largest absolute Gasteiger partial charge is 0.455 e. The topological polar surface area (TPSA) is 114 Å². The Kier molecular flexibility index (Phi) is 8.76. The van der Waals surface area contributed by atoms with Crippen LogP contribution in [0.5, 0.6) is 0 Å². The molecule has 0 saturated heterocycles. The second kappa shape index (κ2) is 11.5. The van der Waals surface area contributed by atoms with Gasteiger partial charge in [0.15, 0.2) is 6.61 Å². The molecule has 0 unspecified atom stereocenters. The lowest BCUT2D eigenvalue weighted by molar-refractivity contribution is -0.148. The molecule has 0 saturated carbocycles. The van der Waals surface area contributed by atoms with E-state index in [0.29, 0.717) is 10.7 Å². The van der Waals surface area contributed by atoms with Gasteiger partial charge in [-0.05, 0) is 55.0 Å². The van der Waals surface area contributed by atoms with Crippen LogP contribution in [-0.4, -0.2) is 30.3 Å². The first-order valence-electron chi connectivity index (χ1n) is 8.89. The fourth-order valence-electron chi connectivity index (χ4n) is 2.20. The molecule has 0 bridgehead atoms. The van der Waals surface area contributed by atoms with Crippen molar-refractivity contribution in [2.45, 2.75) is 19.3 Å². The third kappa shape index (κ3) is 8.27. The number of hydrogen-bond donors (Lipinski definition) is 3. The first-order valence-corrected chi connectivity index (χ1v) is 9.27. The van der Waals surface area contributed by atoms with Gasteiger partial charge in [-0.3, -0.25) is 30.0 Å². The van der Waals surface area contributed by atoms with Crippen LogP contribution in [0.4, 0.5) is 10.1 Å². The molecule has 0 spiro atoms. The summed E-state index contributed by atoms with van der Waals surface area (Å²) in [6.45, 7) is -0.582. The van der Waals surface area contributed by atoms with Crippen molar-refractivity contribution >= 4 is 41.0 Å². The molecular weight excluding hydrogens is 417 g/mol. The summed E-state index contributed by atoms with van der Waals surface area (Å²) in [6.07, 6.45) is 0.192. The smallest absolute Gasteiger partial charge is 0.306 e. The molecule has 2 aromatic rings. The van der Waals surface area contributed by atoms with Crippen molar-refractivity contribution in [2.24, 2.45) is 0 Å². The van der Waals surface area contributed by atoms with Gasteiger partial charge in [0.05, 0.1) is 0 Å². The molecule has 2 aromatic carbocycles. The van der Waals surface area contributed by atoms with Crippen LogP contribution >= 0.6 is 11.6 Å². The van der Waals surface area contributed by atoms with Gasteiger partial charge in [-0.15, -0.1) is 0 Å². The fourth-order valence-corrected chi connectivity index (χ4v) is 2.33. The van der Waals surface area contributed by atoms with E-state index in [1.165, 1.54) is 48.5 Å². The lowest BCUT2D eigenvalue weighted by atomic mass is 10.2. The Morgan fingerprint density at radius 3 is 2.20 bits per heavy atom. The number of halogens is 2. The first kappa shape index (κ1) is 22.8. The highest BCUT2D eigenvalue weighted by Crippen LogP contribution is 2.10. The molecule has 0 heterocycles. The summed E-state index contributed by atoms with van der Waals surface area (Å²) in [5.74, 6) is -2.69. The molecule has 30 heavy (non-hydrogen) atoms. The van der Waals surface area contributed by atoms with Crippen molar-refractivity contribution < 1.29 is 28.3 Å². The van der Waals surface area contributed by atoms with Crippen LogP contribution in [0, 0.1) is 5.82 Å². The fraction of sp³-hybridized carbons (Fsp3) is 0.200. The zero-order valence-electron chi connectivity index (χ0n) is 15.7. The molecule has 0 atom stereocenters. The predicted octanol–water partition coefficient (Wildman–Crippen LogP) is 2.59. The highest BCUT2D eigenvalue weighted by atomic mass is 35.5.